The quantitative estimate of drug-likeness (QED) is 0.545. The smallest absolute Gasteiger partial charge is 0.242 e. The number of aliphatic imine (C=N–C) groups is 1. The monoisotopic (exact) mass is 374 g/mol. The zero-order valence-corrected chi connectivity index (χ0v) is 16.1. The van der Waals surface area contributed by atoms with E-state index in [2.05, 4.69) is 20.9 Å². The molecule has 2 aliphatic rings. The van der Waals surface area contributed by atoms with E-state index in [0.29, 0.717) is 31.8 Å². The molecule has 1 aromatic rings. The SMILES string of the molecule is CCNC(=NCC(=O)NC1CCCCC1)Nc1ccc2c(c1)OCCCO2. The first-order valence-electron chi connectivity index (χ1n) is 9.99. The van der Waals surface area contributed by atoms with Crippen molar-refractivity contribution in [3.63, 3.8) is 0 Å². The van der Waals surface area contributed by atoms with Crippen molar-refractivity contribution in [1.29, 1.82) is 0 Å². The molecule has 1 heterocycles. The van der Waals surface area contributed by atoms with E-state index in [4.69, 9.17) is 9.47 Å². The fourth-order valence-electron chi connectivity index (χ4n) is 3.36. The van der Waals surface area contributed by atoms with Gasteiger partial charge in [0, 0.05) is 30.8 Å². The third-order valence-corrected chi connectivity index (χ3v) is 4.71. The third-order valence-electron chi connectivity index (χ3n) is 4.71. The van der Waals surface area contributed by atoms with Crippen LogP contribution < -0.4 is 25.4 Å². The highest BCUT2D eigenvalue weighted by atomic mass is 16.5. The molecule has 3 N–H and O–H groups in total. The number of rotatable bonds is 5. The van der Waals surface area contributed by atoms with Gasteiger partial charge >= 0.3 is 0 Å². The predicted octanol–water partition coefficient (Wildman–Crippen LogP) is 2.67. The van der Waals surface area contributed by atoms with Crippen LogP contribution in [0, 0.1) is 0 Å². The summed E-state index contributed by atoms with van der Waals surface area (Å²) >= 11 is 0. The summed E-state index contributed by atoms with van der Waals surface area (Å²) in [7, 11) is 0. The van der Waals surface area contributed by atoms with Crippen LogP contribution in [0.3, 0.4) is 0 Å². The lowest BCUT2D eigenvalue weighted by Gasteiger charge is -2.22. The van der Waals surface area contributed by atoms with E-state index in [9.17, 15) is 4.79 Å². The minimum atomic E-state index is -0.0298. The van der Waals surface area contributed by atoms with Crippen LogP contribution in [0.1, 0.15) is 45.4 Å². The number of guanidine groups is 1. The largest absolute Gasteiger partial charge is 0.490 e. The summed E-state index contributed by atoms with van der Waals surface area (Å²) in [6.07, 6.45) is 6.69. The molecule has 148 valence electrons. The maximum atomic E-state index is 12.2. The number of amides is 1. The van der Waals surface area contributed by atoms with Crippen molar-refractivity contribution in [3.8, 4) is 11.5 Å². The van der Waals surface area contributed by atoms with Crippen LogP contribution in [0.5, 0.6) is 11.5 Å². The molecule has 0 bridgehead atoms. The summed E-state index contributed by atoms with van der Waals surface area (Å²) in [5, 5.41) is 9.49. The molecule has 0 aromatic heterocycles. The summed E-state index contributed by atoms with van der Waals surface area (Å²) in [4.78, 5) is 16.6. The second-order valence-corrected chi connectivity index (χ2v) is 6.93. The van der Waals surface area contributed by atoms with Crippen LogP contribution in [0.25, 0.3) is 0 Å². The van der Waals surface area contributed by atoms with Gasteiger partial charge in [-0.05, 0) is 31.9 Å². The number of anilines is 1. The van der Waals surface area contributed by atoms with Gasteiger partial charge in [0.25, 0.3) is 0 Å². The molecule has 7 heteroatoms. The van der Waals surface area contributed by atoms with Crippen LogP contribution in [-0.4, -0.2) is 44.2 Å². The second-order valence-electron chi connectivity index (χ2n) is 6.93. The zero-order chi connectivity index (χ0) is 18.9. The molecule has 1 aromatic carbocycles. The first-order valence-corrected chi connectivity index (χ1v) is 9.99. The molecular formula is C20H30N4O3. The van der Waals surface area contributed by atoms with Gasteiger partial charge < -0.3 is 25.4 Å². The maximum Gasteiger partial charge on any atom is 0.242 e. The minimum absolute atomic E-state index is 0.0298. The van der Waals surface area contributed by atoms with E-state index < -0.39 is 0 Å². The fourth-order valence-corrected chi connectivity index (χ4v) is 3.36. The average Bonchev–Trinajstić information content (AvgIpc) is 2.92. The van der Waals surface area contributed by atoms with E-state index in [-0.39, 0.29) is 12.5 Å². The molecule has 1 aliphatic heterocycles. The van der Waals surface area contributed by atoms with E-state index in [0.717, 1.165) is 36.4 Å². The van der Waals surface area contributed by atoms with E-state index in [1.807, 2.05) is 25.1 Å². The summed E-state index contributed by atoms with van der Waals surface area (Å²) in [6, 6.07) is 6.01. The third kappa shape index (κ3) is 6.05. The summed E-state index contributed by atoms with van der Waals surface area (Å²) in [6.45, 7) is 4.12. The lowest BCUT2D eigenvalue weighted by atomic mass is 9.95. The van der Waals surface area contributed by atoms with Gasteiger partial charge in [0.05, 0.1) is 13.2 Å². The average molecular weight is 374 g/mol. The topological polar surface area (TPSA) is 84.0 Å². The molecule has 0 atom stereocenters. The number of nitrogens with zero attached hydrogens (tertiary/aromatic N) is 1. The van der Waals surface area contributed by atoms with Gasteiger partial charge in [-0.25, -0.2) is 4.99 Å². The molecule has 0 unspecified atom stereocenters. The van der Waals surface area contributed by atoms with Crippen LogP contribution in [0.15, 0.2) is 23.2 Å². The molecular weight excluding hydrogens is 344 g/mol. The molecule has 1 aliphatic carbocycles. The number of hydrogen-bond donors (Lipinski definition) is 3. The maximum absolute atomic E-state index is 12.2. The van der Waals surface area contributed by atoms with Crippen LogP contribution in [0.2, 0.25) is 0 Å². The van der Waals surface area contributed by atoms with Crippen molar-refractivity contribution in [1.82, 2.24) is 10.6 Å². The van der Waals surface area contributed by atoms with E-state index in [1.165, 1.54) is 19.3 Å². The van der Waals surface area contributed by atoms with Crippen molar-refractivity contribution in [2.75, 3.05) is 31.6 Å². The number of ether oxygens (including phenoxy) is 2. The van der Waals surface area contributed by atoms with Gasteiger partial charge in [0.15, 0.2) is 17.5 Å². The lowest BCUT2D eigenvalue weighted by Crippen LogP contribution is -2.38. The van der Waals surface area contributed by atoms with Crippen LogP contribution in [0.4, 0.5) is 5.69 Å². The molecule has 27 heavy (non-hydrogen) atoms. The molecule has 0 saturated heterocycles. The molecule has 1 fully saturated rings. The Balaban J connectivity index is 1.58. The molecule has 0 spiro atoms. The summed E-state index contributed by atoms with van der Waals surface area (Å²) in [5.41, 5.74) is 0.839. The summed E-state index contributed by atoms with van der Waals surface area (Å²) < 4.78 is 11.4. The standard InChI is InChI=1S/C20H30N4O3/c1-2-21-20(22-14-19(25)23-15-7-4-3-5-8-15)24-16-9-10-17-18(13-16)27-12-6-11-26-17/h9-10,13,15H,2-8,11-12,14H2,1H3,(H,23,25)(H2,21,22,24). The van der Waals surface area contributed by atoms with E-state index in [1.54, 1.807) is 0 Å². The Labute approximate surface area is 160 Å². The van der Waals surface area contributed by atoms with Crippen molar-refractivity contribution in [2.45, 2.75) is 51.5 Å². The van der Waals surface area contributed by atoms with Gasteiger partial charge in [0.1, 0.15) is 6.54 Å². The number of carbonyl (C=O) groups excluding carboxylic acids is 1. The van der Waals surface area contributed by atoms with Gasteiger partial charge in [0.2, 0.25) is 5.91 Å². The van der Waals surface area contributed by atoms with Crippen molar-refractivity contribution >= 4 is 17.6 Å². The van der Waals surface area contributed by atoms with Gasteiger partial charge in [-0.3, -0.25) is 4.79 Å². The number of nitrogens with one attached hydrogen (secondary N) is 3. The second kappa shape index (κ2) is 10.0. The van der Waals surface area contributed by atoms with Gasteiger partial charge in [-0.15, -0.1) is 0 Å². The van der Waals surface area contributed by atoms with Gasteiger partial charge in [-0.1, -0.05) is 19.3 Å². The Kier molecular flexibility index (Phi) is 7.19. The highest BCUT2D eigenvalue weighted by Crippen LogP contribution is 2.32. The molecule has 7 nitrogen and oxygen atoms in total. The Morgan fingerprint density at radius 1 is 1.11 bits per heavy atom. The van der Waals surface area contributed by atoms with Crippen molar-refractivity contribution < 1.29 is 14.3 Å². The number of carbonyl (C=O) groups is 1. The first kappa shape index (κ1) is 19.3. The van der Waals surface area contributed by atoms with E-state index >= 15 is 0 Å². The molecule has 3 rings (SSSR count). The fraction of sp³-hybridized carbons (Fsp3) is 0.600. The van der Waals surface area contributed by atoms with Gasteiger partial charge in [-0.2, -0.15) is 0 Å². The number of fused-ring (bicyclic) bond motifs is 1. The Morgan fingerprint density at radius 3 is 2.67 bits per heavy atom. The first-order chi connectivity index (χ1) is 13.2. The molecule has 1 saturated carbocycles. The summed E-state index contributed by atoms with van der Waals surface area (Å²) in [5.74, 6) is 2.03. The highest BCUT2D eigenvalue weighted by Gasteiger charge is 2.15. The lowest BCUT2D eigenvalue weighted by molar-refractivity contribution is -0.120. The van der Waals surface area contributed by atoms with Crippen molar-refractivity contribution in [3.05, 3.63) is 18.2 Å². The van der Waals surface area contributed by atoms with Crippen molar-refractivity contribution in [2.24, 2.45) is 4.99 Å². The Morgan fingerprint density at radius 2 is 1.89 bits per heavy atom. The number of benzene rings is 1. The predicted molar refractivity (Wildman–Crippen MR) is 107 cm³/mol. The zero-order valence-electron chi connectivity index (χ0n) is 16.1. The van der Waals surface area contributed by atoms with Crippen LogP contribution in [-0.2, 0) is 4.79 Å². The Bertz CT molecular complexity index is 657. The molecule has 1 amide bonds. The highest BCUT2D eigenvalue weighted by molar-refractivity contribution is 5.95. The molecule has 0 radical (unpaired) electrons. The normalized spacial score (nSPS) is 17.7. The van der Waals surface area contributed by atoms with Crippen LogP contribution >= 0.6 is 0 Å². The Hall–Kier alpha value is -2.44. The minimum Gasteiger partial charge on any atom is -0.490 e. The number of hydrogen-bond acceptors (Lipinski definition) is 4.